The van der Waals surface area contributed by atoms with E-state index in [2.05, 4.69) is 20.9 Å². The van der Waals surface area contributed by atoms with E-state index < -0.39 is 66.1 Å². The molecule has 39 heavy (non-hydrogen) atoms. The number of benzene rings is 1. The molecule has 0 aliphatic carbocycles. The third-order valence-electron chi connectivity index (χ3n) is 6.30. The summed E-state index contributed by atoms with van der Waals surface area (Å²) in [5.41, 5.74) is 18.1. The van der Waals surface area contributed by atoms with Crippen LogP contribution in [0.25, 0.3) is 10.9 Å². The van der Waals surface area contributed by atoms with Crippen molar-refractivity contribution in [1.29, 1.82) is 0 Å². The second-order valence-electron chi connectivity index (χ2n) is 9.82. The Morgan fingerprint density at radius 2 is 1.62 bits per heavy atom. The second kappa shape index (κ2) is 14.8. The Hall–Kier alpha value is -3.97. The molecule has 0 aliphatic rings. The Kier molecular flexibility index (Phi) is 11.9. The van der Waals surface area contributed by atoms with Gasteiger partial charge in [-0.3, -0.25) is 19.2 Å². The zero-order chi connectivity index (χ0) is 29.1. The number of fused-ring (bicyclic) bond motifs is 1. The van der Waals surface area contributed by atoms with Gasteiger partial charge in [-0.1, -0.05) is 38.5 Å². The van der Waals surface area contributed by atoms with Crippen LogP contribution in [-0.4, -0.2) is 70.4 Å². The number of aliphatic carboxylic acids is 1. The zero-order valence-corrected chi connectivity index (χ0v) is 22.2. The molecular formula is C26H39N7O6. The minimum atomic E-state index is -1.37. The number of nitrogens with one attached hydrogen (secondary N) is 4. The summed E-state index contributed by atoms with van der Waals surface area (Å²) in [4.78, 5) is 65.3. The van der Waals surface area contributed by atoms with Gasteiger partial charge in [0.05, 0.1) is 12.5 Å². The van der Waals surface area contributed by atoms with Crippen LogP contribution in [0.5, 0.6) is 0 Å². The lowest BCUT2D eigenvalue weighted by Gasteiger charge is -2.26. The average Bonchev–Trinajstić information content (AvgIpc) is 3.28. The molecule has 13 heteroatoms. The van der Waals surface area contributed by atoms with E-state index in [1.54, 1.807) is 20.0 Å². The number of hydrogen-bond donors (Lipinski definition) is 8. The van der Waals surface area contributed by atoms with Crippen molar-refractivity contribution in [2.75, 3.05) is 6.54 Å². The molecule has 1 aromatic heterocycles. The maximum Gasteiger partial charge on any atom is 0.326 e. The highest BCUT2D eigenvalue weighted by atomic mass is 16.4. The summed E-state index contributed by atoms with van der Waals surface area (Å²) in [5, 5.41) is 18.1. The van der Waals surface area contributed by atoms with Crippen LogP contribution in [0.1, 0.15) is 45.1 Å². The molecule has 0 spiro atoms. The van der Waals surface area contributed by atoms with Gasteiger partial charge in [0.2, 0.25) is 23.6 Å². The molecule has 1 heterocycles. The SMILES string of the molecule is CC(C)C(NC(=O)C(CC(N)=O)NC(=O)C(N)CCCCN)C(=O)NC(Cc1c[nH]c2ccccc12)C(=O)O. The highest BCUT2D eigenvalue weighted by Crippen LogP contribution is 2.19. The highest BCUT2D eigenvalue weighted by molar-refractivity contribution is 5.96. The predicted molar refractivity (Wildman–Crippen MR) is 145 cm³/mol. The van der Waals surface area contributed by atoms with E-state index in [0.29, 0.717) is 31.4 Å². The maximum atomic E-state index is 13.1. The van der Waals surface area contributed by atoms with E-state index in [-0.39, 0.29) is 6.42 Å². The van der Waals surface area contributed by atoms with Gasteiger partial charge in [-0.15, -0.1) is 0 Å². The smallest absolute Gasteiger partial charge is 0.326 e. The van der Waals surface area contributed by atoms with Crippen LogP contribution in [0.2, 0.25) is 0 Å². The molecule has 0 bridgehead atoms. The van der Waals surface area contributed by atoms with Crippen LogP contribution in [0.4, 0.5) is 0 Å². The van der Waals surface area contributed by atoms with Crippen LogP contribution in [0.3, 0.4) is 0 Å². The van der Waals surface area contributed by atoms with E-state index >= 15 is 0 Å². The molecule has 0 radical (unpaired) electrons. The first kappa shape index (κ1) is 31.2. The molecule has 0 aliphatic heterocycles. The van der Waals surface area contributed by atoms with Crippen LogP contribution in [0, 0.1) is 5.92 Å². The maximum absolute atomic E-state index is 13.1. The summed E-state index contributed by atoms with van der Waals surface area (Å²) in [6.45, 7) is 3.77. The van der Waals surface area contributed by atoms with Crippen molar-refractivity contribution < 1.29 is 29.1 Å². The number of unbranched alkanes of at least 4 members (excludes halogenated alkanes) is 1. The van der Waals surface area contributed by atoms with E-state index in [1.165, 1.54) is 0 Å². The van der Waals surface area contributed by atoms with Gasteiger partial charge in [-0.25, -0.2) is 4.79 Å². The Bertz CT molecular complexity index is 1160. The number of primary amides is 1. The molecule has 0 saturated heterocycles. The van der Waals surface area contributed by atoms with Crippen molar-refractivity contribution in [3.8, 4) is 0 Å². The molecule has 2 aromatic rings. The van der Waals surface area contributed by atoms with Crippen LogP contribution >= 0.6 is 0 Å². The van der Waals surface area contributed by atoms with E-state index in [9.17, 15) is 29.1 Å². The van der Waals surface area contributed by atoms with Crippen molar-refractivity contribution in [2.24, 2.45) is 23.1 Å². The first-order valence-corrected chi connectivity index (χ1v) is 12.9. The van der Waals surface area contributed by atoms with Gasteiger partial charge in [0.25, 0.3) is 0 Å². The lowest BCUT2D eigenvalue weighted by molar-refractivity contribution is -0.142. The Balaban J connectivity index is 2.12. The fraction of sp³-hybridized carbons (Fsp3) is 0.500. The summed E-state index contributed by atoms with van der Waals surface area (Å²) in [7, 11) is 0. The largest absolute Gasteiger partial charge is 0.480 e. The first-order valence-electron chi connectivity index (χ1n) is 12.9. The molecule has 0 saturated carbocycles. The summed E-state index contributed by atoms with van der Waals surface area (Å²) in [6, 6.07) is 2.64. The number of nitrogens with two attached hydrogens (primary N) is 3. The van der Waals surface area contributed by atoms with Crippen molar-refractivity contribution in [3.05, 3.63) is 36.0 Å². The van der Waals surface area contributed by atoms with Crippen LogP contribution in [-0.2, 0) is 30.4 Å². The molecule has 1 aromatic carbocycles. The molecule has 2 rings (SSSR count). The lowest BCUT2D eigenvalue weighted by Crippen LogP contribution is -2.59. The molecule has 4 amide bonds. The number of amides is 4. The number of H-pyrrole nitrogens is 1. The van der Waals surface area contributed by atoms with Crippen molar-refractivity contribution >= 4 is 40.5 Å². The quantitative estimate of drug-likeness (QED) is 0.124. The topological polar surface area (TPSA) is 236 Å². The fourth-order valence-electron chi connectivity index (χ4n) is 4.10. The van der Waals surface area contributed by atoms with Crippen LogP contribution < -0.4 is 33.2 Å². The number of carbonyl (C=O) groups excluding carboxylic acids is 4. The van der Waals surface area contributed by atoms with Crippen molar-refractivity contribution in [2.45, 2.75) is 70.1 Å². The minimum absolute atomic E-state index is 0.00620. The summed E-state index contributed by atoms with van der Waals surface area (Å²) in [6.07, 6.45) is 2.79. The van der Waals surface area contributed by atoms with Gasteiger partial charge in [0, 0.05) is 23.5 Å². The van der Waals surface area contributed by atoms with E-state index in [4.69, 9.17) is 17.2 Å². The fourth-order valence-corrected chi connectivity index (χ4v) is 4.10. The normalized spacial score (nSPS) is 14.3. The Labute approximate surface area is 226 Å². The molecular weight excluding hydrogens is 506 g/mol. The molecule has 4 unspecified atom stereocenters. The number of para-hydroxylation sites is 1. The van der Waals surface area contributed by atoms with Gasteiger partial charge in [0.15, 0.2) is 0 Å². The summed E-state index contributed by atoms with van der Waals surface area (Å²) < 4.78 is 0. The monoisotopic (exact) mass is 545 g/mol. The molecule has 4 atom stereocenters. The van der Waals surface area contributed by atoms with E-state index in [1.807, 2.05) is 24.3 Å². The van der Waals surface area contributed by atoms with Gasteiger partial charge in [-0.05, 0) is 36.9 Å². The van der Waals surface area contributed by atoms with Gasteiger partial charge < -0.3 is 43.2 Å². The number of hydrogen-bond acceptors (Lipinski definition) is 7. The molecule has 13 nitrogen and oxygen atoms in total. The van der Waals surface area contributed by atoms with Gasteiger partial charge in [0.1, 0.15) is 18.1 Å². The van der Waals surface area contributed by atoms with Crippen molar-refractivity contribution in [1.82, 2.24) is 20.9 Å². The van der Waals surface area contributed by atoms with Gasteiger partial charge >= 0.3 is 5.97 Å². The highest BCUT2D eigenvalue weighted by Gasteiger charge is 2.32. The summed E-state index contributed by atoms with van der Waals surface area (Å²) in [5.74, 6) is -4.75. The Morgan fingerprint density at radius 1 is 0.949 bits per heavy atom. The number of carbonyl (C=O) groups is 5. The molecule has 11 N–H and O–H groups in total. The Morgan fingerprint density at radius 3 is 2.23 bits per heavy atom. The number of carboxylic acids is 1. The number of rotatable bonds is 16. The molecule has 214 valence electrons. The minimum Gasteiger partial charge on any atom is -0.480 e. The number of carboxylic acid groups (broad SMARTS) is 1. The average molecular weight is 546 g/mol. The third kappa shape index (κ3) is 9.37. The van der Waals surface area contributed by atoms with Crippen LogP contribution in [0.15, 0.2) is 30.5 Å². The number of aromatic nitrogens is 1. The van der Waals surface area contributed by atoms with Crippen molar-refractivity contribution in [3.63, 3.8) is 0 Å². The lowest BCUT2D eigenvalue weighted by atomic mass is 10.00. The second-order valence-corrected chi connectivity index (χ2v) is 9.82. The number of aromatic amines is 1. The zero-order valence-electron chi connectivity index (χ0n) is 22.2. The standard InChI is InChI=1S/C26H39N7O6/c1-14(2)22(33-24(36)19(12-21(29)34)31-23(35)17(28)8-5-6-10-27)25(37)32-20(26(38)39)11-15-13-30-18-9-4-3-7-16(15)18/h3-4,7,9,13-14,17,19-20,22,30H,5-6,8,10-12,27-28H2,1-2H3,(H2,29,34)(H,31,35)(H,32,37)(H,33,36)(H,38,39). The first-order chi connectivity index (χ1) is 18.4. The van der Waals surface area contributed by atoms with E-state index in [0.717, 1.165) is 10.9 Å². The molecule has 0 fully saturated rings. The predicted octanol–water partition coefficient (Wildman–Crippen LogP) is -0.763. The van der Waals surface area contributed by atoms with Gasteiger partial charge in [-0.2, -0.15) is 0 Å². The third-order valence-corrected chi connectivity index (χ3v) is 6.30. The summed E-state index contributed by atoms with van der Waals surface area (Å²) >= 11 is 0.